The van der Waals surface area contributed by atoms with Crippen molar-refractivity contribution in [2.24, 2.45) is 0 Å². The molecule has 1 aliphatic heterocycles. The van der Waals surface area contributed by atoms with Gasteiger partial charge in [0.05, 0.1) is 11.4 Å². The normalized spacial score (nSPS) is 16.7. The summed E-state index contributed by atoms with van der Waals surface area (Å²) in [6.07, 6.45) is 7.35. The highest BCUT2D eigenvalue weighted by molar-refractivity contribution is 7.12. The van der Waals surface area contributed by atoms with Crippen LogP contribution < -0.4 is 10.6 Å². The van der Waals surface area contributed by atoms with Gasteiger partial charge >= 0.3 is 0 Å². The minimum absolute atomic E-state index is 0.0349. The SMILES string of the molecule is CC1CCCCN1.Cc1cn2cc(NC(=O)c3sccc3F)cc(F)c2n1. The number of thiophene rings is 1. The number of rotatable bonds is 2. The molecule has 3 aromatic heterocycles. The number of aromatic nitrogens is 2. The van der Waals surface area contributed by atoms with E-state index in [0.717, 1.165) is 23.4 Å². The molecule has 4 heterocycles. The average Bonchev–Trinajstić information content (AvgIpc) is 3.21. The zero-order valence-corrected chi connectivity index (χ0v) is 16.1. The molecule has 5 nitrogen and oxygen atoms in total. The van der Waals surface area contributed by atoms with Gasteiger partial charge in [0.15, 0.2) is 11.5 Å². The maximum Gasteiger partial charge on any atom is 0.268 e. The summed E-state index contributed by atoms with van der Waals surface area (Å²) in [4.78, 5) is 15.8. The second-order valence-corrected chi connectivity index (χ2v) is 7.51. The molecule has 1 fully saturated rings. The fraction of sp³-hybridized carbons (Fsp3) is 0.368. The summed E-state index contributed by atoms with van der Waals surface area (Å²) in [7, 11) is 0. The molecule has 1 aliphatic rings. The number of amides is 1. The molecule has 1 atom stereocenters. The standard InChI is InChI=1S/C13H9F2N3OS.C6H13N/c1-7-5-18-6-8(4-10(15)12(18)16-7)17-13(19)11-9(14)2-3-20-11;1-6-4-2-3-5-7-6/h2-6H,1H3,(H,17,19);6-7H,2-5H2,1H3. The fourth-order valence-corrected chi connectivity index (χ4v) is 3.58. The van der Waals surface area contributed by atoms with E-state index in [-0.39, 0.29) is 16.2 Å². The number of halogens is 2. The fourth-order valence-electron chi connectivity index (χ4n) is 2.92. The third-order valence-electron chi connectivity index (χ3n) is 4.26. The van der Waals surface area contributed by atoms with Crippen LogP contribution in [-0.2, 0) is 0 Å². The largest absolute Gasteiger partial charge is 0.320 e. The minimum atomic E-state index is -0.604. The van der Waals surface area contributed by atoms with Crippen LogP contribution in [0.4, 0.5) is 14.5 Å². The number of hydrogen-bond acceptors (Lipinski definition) is 4. The molecule has 0 aliphatic carbocycles. The van der Waals surface area contributed by atoms with Crippen molar-refractivity contribution in [2.45, 2.75) is 39.2 Å². The number of pyridine rings is 1. The van der Waals surface area contributed by atoms with Crippen LogP contribution >= 0.6 is 11.3 Å². The molecular formula is C19H22F2N4OS. The van der Waals surface area contributed by atoms with Crippen LogP contribution in [0.1, 0.15) is 41.6 Å². The molecule has 2 N–H and O–H groups in total. The van der Waals surface area contributed by atoms with Crippen molar-refractivity contribution in [3.05, 3.63) is 52.1 Å². The summed E-state index contributed by atoms with van der Waals surface area (Å²) in [5, 5.41) is 7.33. The number of piperidine rings is 1. The molecular weight excluding hydrogens is 370 g/mol. The van der Waals surface area contributed by atoms with Crippen LogP contribution in [0.3, 0.4) is 0 Å². The van der Waals surface area contributed by atoms with Crippen molar-refractivity contribution in [1.29, 1.82) is 0 Å². The molecule has 8 heteroatoms. The number of aryl methyl sites for hydroxylation is 1. The Hall–Kier alpha value is -2.32. The molecule has 0 spiro atoms. The van der Waals surface area contributed by atoms with Crippen LogP contribution in [0.15, 0.2) is 29.9 Å². The lowest BCUT2D eigenvalue weighted by molar-refractivity contribution is 0.102. The van der Waals surface area contributed by atoms with Gasteiger partial charge in [-0.3, -0.25) is 4.79 Å². The first-order valence-corrected chi connectivity index (χ1v) is 9.74. The minimum Gasteiger partial charge on any atom is -0.320 e. The van der Waals surface area contributed by atoms with E-state index in [1.807, 2.05) is 0 Å². The summed E-state index contributed by atoms with van der Waals surface area (Å²) < 4.78 is 28.6. The molecule has 1 amide bonds. The van der Waals surface area contributed by atoms with Gasteiger partial charge in [-0.25, -0.2) is 13.8 Å². The summed E-state index contributed by atoms with van der Waals surface area (Å²) in [6.45, 7) is 5.23. The Bertz CT molecular complexity index is 931. The van der Waals surface area contributed by atoms with Crippen molar-refractivity contribution in [1.82, 2.24) is 14.7 Å². The van der Waals surface area contributed by atoms with Crippen LogP contribution in [0, 0.1) is 18.6 Å². The molecule has 144 valence electrons. The molecule has 0 saturated carbocycles. The Morgan fingerprint density at radius 3 is 2.74 bits per heavy atom. The van der Waals surface area contributed by atoms with Gasteiger partial charge < -0.3 is 15.0 Å². The first-order valence-electron chi connectivity index (χ1n) is 8.86. The van der Waals surface area contributed by atoms with Gasteiger partial charge in [0.25, 0.3) is 5.91 Å². The Labute approximate surface area is 160 Å². The highest BCUT2D eigenvalue weighted by Crippen LogP contribution is 2.19. The molecule has 1 saturated heterocycles. The Morgan fingerprint density at radius 2 is 2.15 bits per heavy atom. The van der Waals surface area contributed by atoms with Crippen molar-refractivity contribution in [3.63, 3.8) is 0 Å². The molecule has 27 heavy (non-hydrogen) atoms. The Kier molecular flexibility index (Phi) is 6.18. The molecule has 0 radical (unpaired) electrons. The van der Waals surface area contributed by atoms with Crippen LogP contribution in [0.25, 0.3) is 5.65 Å². The van der Waals surface area contributed by atoms with E-state index < -0.39 is 17.5 Å². The van der Waals surface area contributed by atoms with Crippen molar-refractivity contribution >= 4 is 28.6 Å². The number of carbonyl (C=O) groups is 1. The Morgan fingerprint density at radius 1 is 1.33 bits per heavy atom. The van der Waals surface area contributed by atoms with E-state index in [0.29, 0.717) is 5.69 Å². The van der Waals surface area contributed by atoms with E-state index in [2.05, 4.69) is 22.5 Å². The topological polar surface area (TPSA) is 58.4 Å². The highest BCUT2D eigenvalue weighted by atomic mass is 32.1. The third-order valence-corrected chi connectivity index (χ3v) is 5.15. The monoisotopic (exact) mass is 392 g/mol. The second kappa shape index (κ2) is 8.58. The van der Waals surface area contributed by atoms with Gasteiger partial charge in [-0.2, -0.15) is 0 Å². The van der Waals surface area contributed by atoms with Gasteiger partial charge in [0.1, 0.15) is 10.7 Å². The van der Waals surface area contributed by atoms with Crippen LogP contribution in [0.5, 0.6) is 0 Å². The lowest BCUT2D eigenvalue weighted by Gasteiger charge is -2.18. The lowest BCUT2D eigenvalue weighted by atomic mass is 10.1. The van der Waals surface area contributed by atoms with Crippen molar-refractivity contribution < 1.29 is 13.6 Å². The maximum atomic E-state index is 13.8. The number of nitrogens with zero attached hydrogens (tertiary/aromatic N) is 2. The number of carbonyl (C=O) groups excluding carboxylic acids is 1. The number of hydrogen-bond donors (Lipinski definition) is 2. The van der Waals surface area contributed by atoms with Gasteiger partial charge in [-0.05, 0) is 44.7 Å². The van der Waals surface area contributed by atoms with E-state index in [9.17, 15) is 13.6 Å². The van der Waals surface area contributed by atoms with E-state index >= 15 is 0 Å². The first kappa shape index (κ1) is 19.4. The van der Waals surface area contributed by atoms with Gasteiger partial charge in [0.2, 0.25) is 0 Å². The summed E-state index contributed by atoms with van der Waals surface area (Å²) in [6, 6.07) is 3.15. The molecule has 0 aromatic carbocycles. The zero-order valence-electron chi connectivity index (χ0n) is 15.3. The van der Waals surface area contributed by atoms with E-state index in [4.69, 9.17) is 0 Å². The quantitative estimate of drug-likeness (QED) is 0.680. The molecule has 3 aromatic rings. The zero-order chi connectivity index (χ0) is 19.4. The number of nitrogens with one attached hydrogen (secondary N) is 2. The highest BCUT2D eigenvalue weighted by Gasteiger charge is 2.15. The van der Waals surface area contributed by atoms with Crippen LogP contribution in [0.2, 0.25) is 0 Å². The molecule has 1 unspecified atom stereocenters. The molecule has 4 rings (SSSR count). The van der Waals surface area contributed by atoms with Crippen LogP contribution in [-0.4, -0.2) is 27.9 Å². The number of fused-ring (bicyclic) bond motifs is 1. The van der Waals surface area contributed by atoms with Gasteiger partial charge in [-0.15, -0.1) is 11.3 Å². The van der Waals surface area contributed by atoms with Gasteiger partial charge in [0, 0.05) is 24.5 Å². The lowest BCUT2D eigenvalue weighted by Crippen LogP contribution is -2.30. The summed E-state index contributed by atoms with van der Waals surface area (Å²) in [5.74, 6) is -1.75. The Balaban J connectivity index is 0.000000253. The smallest absolute Gasteiger partial charge is 0.268 e. The van der Waals surface area contributed by atoms with Crippen molar-refractivity contribution in [2.75, 3.05) is 11.9 Å². The number of imidazole rings is 1. The number of anilines is 1. The molecule has 0 bridgehead atoms. The predicted molar refractivity (Wildman–Crippen MR) is 103 cm³/mol. The third kappa shape index (κ3) is 4.90. The van der Waals surface area contributed by atoms with E-state index in [1.165, 1.54) is 47.9 Å². The van der Waals surface area contributed by atoms with Crippen molar-refractivity contribution in [3.8, 4) is 0 Å². The second-order valence-electron chi connectivity index (χ2n) is 6.59. The first-order chi connectivity index (χ1) is 12.9. The summed E-state index contributed by atoms with van der Waals surface area (Å²) in [5.41, 5.74) is 1.09. The van der Waals surface area contributed by atoms with Gasteiger partial charge in [-0.1, -0.05) is 6.42 Å². The van der Waals surface area contributed by atoms with E-state index in [1.54, 1.807) is 13.1 Å². The predicted octanol–water partition coefficient (Wildman–Crippen LogP) is 4.38. The maximum absolute atomic E-state index is 13.8. The average molecular weight is 392 g/mol. The summed E-state index contributed by atoms with van der Waals surface area (Å²) >= 11 is 0.989.